The van der Waals surface area contributed by atoms with E-state index in [1.165, 1.54) is 0 Å². The summed E-state index contributed by atoms with van der Waals surface area (Å²) in [6.07, 6.45) is 0. The summed E-state index contributed by atoms with van der Waals surface area (Å²) >= 11 is 0. The first-order chi connectivity index (χ1) is 13.4. The fourth-order valence-electron chi connectivity index (χ4n) is 3.26. The predicted molar refractivity (Wildman–Crippen MR) is 106 cm³/mol. The number of halogens is 1. The summed E-state index contributed by atoms with van der Waals surface area (Å²) in [4.78, 5) is 2.02. The molecule has 0 atom stereocenters. The Hall–Kier alpha value is -2.74. The van der Waals surface area contributed by atoms with Gasteiger partial charge in [-0.3, -0.25) is 0 Å². The largest absolute Gasteiger partial charge is 0.378 e. The highest BCUT2D eigenvalue weighted by Crippen LogP contribution is 2.23. The lowest BCUT2D eigenvalue weighted by Crippen LogP contribution is -2.36. The van der Waals surface area contributed by atoms with Crippen molar-refractivity contribution < 1.29 is 9.13 Å². The zero-order valence-corrected chi connectivity index (χ0v) is 16.4. The highest BCUT2D eigenvalue weighted by Gasteiger charge is 2.22. The molecule has 1 fully saturated rings. The molecular formula is C20H25FN6O. The van der Waals surface area contributed by atoms with Crippen LogP contribution >= 0.6 is 0 Å². The van der Waals surface area contributed by atoms with Crippen LogP contribution in [0, 0.1) is 5.82 Å². The topological polar surface area (TPSA) is 67.6 Å². The number of nitrogens with one attached hydrogen (secondary N) is 1. The molecule has 4 rings (SSSR count). The van der Waals surface area contributed by atoms with Crippen molar-refractivity contribution in [2.24, 2.45) is 0 Å². The van der Waals surface area contributed by atoms with Crippen LogP contribution < -0.4 is 10.2 Å². The maximum Gasteiger partial charge on any atom is 0.178 e. The highest BCUT2D eigenvalue weighted by molar-refractivity contribution is 5.50. The van der Waals surface area contributed by atoms with Crippen LogP contribution in [0.25, 0.3) is 5.65 Å². The fourth-order valence-corrected chi connectivity index (χ4v) is 3.26. The molecule has 28 heavy (non-hydrogen) atoms. The summed E-state index contributed by atoms with van der Waals surface area (Å²) in [7, 11) is 0. The molecule has 1 N–H and O–H groups in total. The number of rotatable bonds is 4. The van der Waals surface area contributed by atoms with Crippen molar-refractivity contribution >= 4 is 17.2 Å². The zero-order valence-electron chi connectivity index (χ0n) is 16.4. The van der Waals surface area contributed by atoms with Crippen molar-refractivity contribution in [3.63, 3.8) is 0 Å². The van der Waals surface area contributed by atoms with E-state index in [-0.39, 0.29) is 11.2 Å². The standard InChI is InChI=1S/C20H25FN6O/c1-20(2,3)19-24-23-18-7-6-17(25-27(18)19)22-13-14-4-5-16(15(21)12-14)26-8-10-28-11-9-26/h4-7,12H,8-11,13H2,1-3H3,(H,22,25). The molecule has 1 aliphatic heterocycles. The van der Waals surface area contributed by atoms with Gasteiger partial charge in [0.25, 0.3) is 0 Å². The van der Waals surface area contributed by atoms with Crippen molar-refractivity contribution in [3.8, 4) is 0 Å². The lowest BCUT2D eigenvalue weighted by Gasteiger charge is -2.29. The highest BCUT2D eigenvalue weighted by atomic mass is 19.1. The number of aromatic nitrogens is 4. The number of anilines is 2. The van der Waals surface area contributed by atoms with Gasteiger partial charge in [-0.15, -0.1) is 15.3 Å². The molecule has 148 valence electrons. The summed E-state index contributed by atoms with van der Waals surface area (Å²) in [5.41, 5.74) is 2.03. The number of benzene rings is 1. The van der Waals surface area contributed by atoms with Gasteiger partial charge in [0.15, 0.2) is 11.5 Å². The number of hydrogen-bond acceptors (Lipinski definition) is 6. The number of fused-ring (bicyclic) bond motifs is 1. The molecule has 7 nitrogen and oxygen atoms in total. The molecule has 0 aliphatic carbocycles. The lowest BCUT2D eigenvalue weighted by molar-refractivity contribution is 0.122. The van der Waals surface area contributed by atoms with E-state index in [4.69, 9.17) is 4.74 Å². The van der Waals surface area contributed by atoms with E-state index in [0.717, 1.165) is 11.4 Å². The molecule has 2 aromatic heterocycles. The van der Waals surface area contributed by atoms with E-state index in [1.807, 2.05) is 29.2 Å². The van der Waals surface area contributed by atoms with Crippen LogP contribution in [0.1, 0.15) is 32.2 Å². The minimum atomic E-state index is -0.210. The van der Waals surface area contributed by atoms with Gasteiger partial charge in [-0.25, -0.2) is 4.39 Å². The zero-order chi connectivity index (χ0) is 19.7. The van der Waals surface area contributed by atoms with Crippen molar-refractivity contribution in [1.82, 2.24) is 19.8 Å². The van der Waals surface area contributed by atoms with Crippen LogP contribution in [-0.2, 0) is 16.7 Å². The Morgan fingerprint density at radius 2 is 1.89 bits per heavy atom. The summed E-state index contributed by atoms with van der Waals surface area (Å²) in [5, 5.41) is 16.3. The van der Waals surface area contributed by atoms with Crippen molar-refractivity contribution in [2.45, 2.75) is 32.7 Å². The van der Waals surface area contributed by atoms with Gasteiger partial charge in [-0.2, -0.15) is 4.52 Å². The lowest BCUT2D eigenvalue weighted by atomic mass is 9.96. The molecule has 1 aromatic carbocycles. The van der Waals surface area contributed by atoms with Crippen molar-refractivity contribution in [2.75, 3.05) is 36.5 Å². The molecule has 0 bridgehead atoms. The van der Waals surface area contributed by atoms with Crippen LogP contribution in [0.2, 0.25) is 0 Å². The van der Waals surface area contributed by atoms with Gasteiger partial charge in [0.05, 0.1) is 18.9 Å². The smallest absolute Gasteiger partial charge is 0.178 e. The predicted octanol–water partition coefficient (Wildman–Crippen LogP) is 3.01. The van der Waals surface area contributed by atoms with Gasteiger partial charge in [0.1, 0.15) is 11.6 Å². The summed E-state index contributed by atoms with van der Waals surface area (Å²) in [6.45, 7) is 9.40. The first kappa shape index (κ1) is 18.6. The molecule has 0 unspecified atom stereocenters. The molecular weight excluding hydrogens is 359 g/mol. The number of morpholine rings is 1. The van der Waals surface area contributed by atoms with Crippen molar-refractivity contribution in [3.05, 3.63) is 47.5 Å². The average Bonchev–Trinajstić information content (AvgIpc) is 3.11. The van der Waals surface area contributed by atoms with E-state index < -0.39 is 0 Å². The molecule has 0 amide bonds. The van der Waals surface area contributed by atoms with Gasteiger partial charge in [0, 0.05) is 25.0 Å². The third-order valence-electron chi connectivity index (χ3n) is 4.77. The summed E-state index contributed by atoms with van der Waals surface area (Å²) in [6, 6.07) is 9.09. The molecule has 8 heteroatoms. The van der Waals surface area contributed by atoms with E-state index in [0.29, 0.717) is 50.0 Å². The second-order valence-electron chi connectivity index (χ2n) is 8.00. The van der Waals surface area contributed by atoms with Gasteiger partial charge >= 0.3 is 0 Å². The van der Waals surface area contributed by atoms with Crippen LogP contribution in [-0.4, -0.2) is 46.1 Å². The maximum absolute atomic E-state index is 14.6. The summed E-state index contributed by atoms with van der Waals surface area (Å²) < 4.78 is 21.7. The van der Waals surface area contributed by atoms with E-state index >= 15 is 0 Å². The second-order valence-corrected chi connectivity index (χ2v) is 8.00. The maximum atomic E-state index is 14.6. The van der Waals surface area contributed by atoms with Crippen molar-refractivity contribution in [1.29, 1.82) is 0 Å². The van der Waals surface area contributed by atoms with Gasteiger partial charge < -0.3 is 15.0 Å². The third-order valence-corrected chi connectivity index (χ3v) is 4.77. The SMILES string of the molecule is CC(C)(C)c1nnc2ccc(NCc3ccc(N4CCOCC4)c(F)c3)nn12. The fraction of sp³-hybridized carbons (Fsp3) is 0.450. The van der Waals surface area contributed by atoms with Gasteiger partial charge in [-0.1, -0.05) is 26.8 Å². The Morgan fingerprint density at radius 3 is 2.61 bits per heavy atom. The Balaban J connectivity index is 1.49. The normalized spacial score (nSPS) is 15.2. The Bertz CT molecular complexity index is 974. The van der Waals surface area contributed by atoms with Crippen LogP contribution in [0.5, 0.6) is 0 Å². The first-order valence-electron chi connectivity index (χ1n) is 9.50. The van der Waals surface area contributed by atoms with Gasteiger partial charge in [-0.05, 0) is 29.8 Å². The number of hydrogen-bond donors (Lipinski definition) is 1. The summed E-state index contributed by atoms with van der Waals surface area (Å²) in [5.74, 6) is 1.28. The molecule has 1 saturated heterocycles. The third kappa shape index (κ3) is 3.77. The molecule has 0 spiro atoms. The van der Waals surface area contributed by atoms with Crippen LogP contribution in [0.15, 0.2) is 30.3 Å². The molecule has 3 heterocycles. The molecule has 3 aromatic rings. The molecule has 0 radical (unpaired) electrons. The Labute approximate surface area is 163 Å². The molecule has 0 saturated carbocycles. The average molecular weight is 384 g/mol. The minimum absolute atomic E-state index is 0.163. The van der Waals surface area contributed by atoms with E-state index in [1.54, 1.807) is 10.6 Å². The number of nitrogens with zero attached hydrogens (tertiary/aromatic N) is 5. The quantitative estimate of drug-likeness (QED) is 0.746. The second kappa shape index (κ2) is 7.35. The van der Waals surface area contributed by atoms with E-state index in [2.05, 4.69) is 41.4 Å². The molecule has 1 aliphatic rings. The van der Waals surface area contributed by atoms with Crippen LogP contribution in [0.3, 0.4) is 0 Å². The minimum Gasteiger partial charge on any atom is -0.378 e. The Kier molecular flexibility index (Phi) is 4.89. The first-order valence-corrected chi connectivity index (χ1v) is 9.50. The monoisotopic (exact) mass is 384 g/mol. The Morgan fingerprint density at radius 1 is 1.11 bits per heavy atom. The van der Waals surface area contributed by atoms with E-state index in [9.17, 15) is 4.39 Å². The number of ether oxygens (including phenoxy) is 1. The van der Waals surface area contributed by atoms with Crippen LogP contribution in [0.4, 0.5) is 15.9 Å². The van der Waals surface area contributed by atoms with Gasteiger partial charge in [0.2, 0.25) is 0 Å².